The molecule has 0 fully saturated rings. The topological polar surface area (TPSA) is 68.2 Å². The van der Waals surface area contributed by atoms with Gasteiger partial charge in [-0.1, -0.05) is 35.5 Å². The first kappa shape index (κ1) is 13.7. The lowest BCUT2D eigenvalue weighted by Crippen LogP contribution is -2.26. The molecule has 1 aromatic heterocycles. The van der Waals surface area contributed by atoms with Gasteiger partial charge < -0.3 is 15.2 Å². The highest BCUT2D eigenvalue weighted by atomic mass is 16.5. The van der Waals surface area contributed by atoms with Crippen LogP contribution in [0.15, 0.2) is 34.9 Å². The lowest BCUT2D eigenvalue weighted by Gasteiger charge is -2.12. The van der Waals surface area contributed by atoms with Crippen molar-refractivity contribution in [2.24, 2.45) is 5.73 Å². The second-order valence-electron chi connectivity index (χ2n) is 4.90. The summed E-state index contributed by atoms with van der Waals surface area (Å²) in [6.07, 6.45) is 1.64. The molecule has 5 heteroatoms. The van der Waals surface area contributed by atoms with Crippen LogP contribution in [0.1, 0.15) is 23.3 Å². The summed E-state index contributed by atoms with van der Waals surface area (Å²) in [5.74, 6) is 1.23. The Hall–Kier alpha value is -1.72. The van der Waals surface area contributed by atoms with Crippen LogP contribution >= 0.6 is 0 Å². The molecule has 0 amide bonds. The molecule has 0 aliphatic carbocycles. The van der Waals surface area contributed by atoms with E-state index in [1.807, 2.05) is 37.2 Å². The van der Waals surface area contributed by atoms with Gasteiger partial charge in [-0.3, -0.25) is 0 Å². The maximum Gasteiger partial charge on any atom is 0.227 e. The van der Waals surface area contributed by atoms with Crippen LogP contribution in [0.3, 0.4) is 0 Å². The Morgan fingerprint density at radius 3 is 2.63 bits per heavy atom. The smallest absolute Gasteiger partial charge is 0.227 e. The van der Waals surface area contributed by atoms with E-state index in [-0.39, 0.29) is 6.04 Å². The average Bonchev–Trinajstić information content (AvgIpc) is 2.86. The Kier molecular flexibility index (Phi) is 4.65. The predicted octanol–water partition coefficient (Wildman–Crippen LogP) is 1.42. The first-order chi connectivity index (χ1) is 9.15. The number of nitrogens with two attached hydrogens (primary N) is 1. The quantitative estimate of drug-likeness (QED) is 0.850. The van der Waals surface area contributed by atoms with Gasteiger partial charge in [-0.25, -0.2) is 0 Å². The van der Waals surface area contributed by atoms with E-state index in [9.17, 15) is 0 Å². The summed E-state index contributed by atoms with van der Waals surface area (Å²) in [5.41, 5.74) is 7.25. The van der Waals surface area contributed by atoms with Crippen molar-refractivity contribution in [3.05, 3.63) is 47.6 Å². The summed E-state index contributed by atoms with van der Waals surface area (Å²) in [4.78, 5) is 6.35. The van der Waals surface area contributed by atoms with Crippen LogP contribution in [0.5, 0.6) is 0 Å². The molecule has 0 aliphatic heterocycles. The Balaban J connectivity index is 1.90. The summed E-state index contributed by atoms with van der Waals surface area (Å²) in [7, 11) is 3.94. The molecule has 0 saturated heterocycles. The van der Waals surface area contributed by atoms with Crippen LogP contribution < -0.4 is 5.73 Å². The number of nitrogens with zero attached hydrogens (tertiary/aromatic N) is 3. The molecule has 0 spiro atoms. The van der Waals surface area contributed by atoms with Gasteiger partial charge in [0.1, 0.15) is 0 Å². The van der Waals surface area contributed by atoms with Crippen molar-refractivity contribution < 1.29 is 4.52 Å². The first-order valence-corrected chi connectivity index (χ1v) is 6.42. The molecule has 0 radical (unpaired) electrons. The van der Waals surface area contributed by atoms with Crippen LogP contribution in [0.25, 0.3) is 0 Å². The summed E-state index contributed by atoms with van der Waals surface area (Å²) in [6.45, 7) is 0.706. The highest BCUT2D eigenvalue weighted by molar-refractivity contribution is 5.15. The van der Waals surface area contributed by atoms with E-state index in [1.54, 1.807) is 0 Å². The molecule has 0 aliphatic rings. The summed E-state index contributed by atoms with van der Waals surface area (Å²) >= 11 is 0. The molecule has 0 bridgehead atoms. The van der Waals surface area contributed by atoms with Crippen LogP contribution in [0, 0.1) is 0 Å². The van der Waals surface area contributed by atoms with Crippen molar-refractivity contribution >= 4 is 0 Å². The third-order valence-corrected chi connectivity index (χ3v) is 2.85. The molecule has 19 heavy (non-hydrogen) atoms. The number of aryl methyl sites for hydroxylation is 2. The van der Waals surface area contributed by atoms with E-state index in [0.29, 0.717) is 18.3 Å². The lowest BCUT2D eigenvalue weighted by atomic mass is 10.1. The Morgan fingerprint density at radius 1 is 1.21 bits per heavy atom. The van der Waals surface area contributed by atoms with Crippen molar-refractivity contribution in [1.82, 2.24) is 15.0 Å². The summed E-state index contributed by atoms with van der Waals surface area (Å²) in [5, 5.41) is 3.94. The number of aromatic nitrogens is 2. The highest BCUT2D eigenvalue weighted by Crippen LogP contribution is 2.09. The zero-order valence-electron chi connectivity index (χ0n) is 11.4. The third-order valence-electron chi connectivity index (χ3n) is 2.85. The van der Waals surface area contributed by atoms with Crippen molar-refractivity contribution in [2.45, 2.75) is 18.9 Å². The maximum absolute atomic E-state index is 5.99. The minimum absolute atomic E-state index is 0.204. The van der Waals surface area contributed by atoms with Crippen LogP contribution in [0.4, 0.5) is 0 Å². The monoisotopic (exact) mass is 260 g/mol. The summed E-state index contributed by atoms with van der Waals surface area (Å²) < 4.78 is 5.23. The van der Waals surface area contributed by atoms with E-state index < -0.39 is 0 Å². The molecular weight excluding hydrogens is 240 g/mol. The number of likely N-dealkylation sites (N-methyl/N-ethyl adjacent to an activating group) is 1. The van der Waals surface area contributed by atoms with Gasteiger partial charge in [0.25, 0.3) is 0 Å². The molecular formula is C14H20N4O. The molecule has 2 rings (SSSR count). The zero-order chi connectivity index (χ0) is 13.7. The van der Waals surface area contributed by atoms with Crippen molar-refractivity contribution in [2.75, 3.05) is 20.6 Å². The van der Waals surface area contributed by atoms with Gasteiger partial charge in [0, 0.05) is 13.0 Å². The number of hydrogen-bond donors (Lipinski definition) is 1. The third kappa shape index (κ3) is 4.15. The van der Waals surface area contributed by atoms with Crippen molar-refractivity contribution in [3.8, 4) is 0 Å². The van der Waals surface area contributed by atoms with Gasteiger partial charge in [-0.2, -0.15) is 4.98 Å². The van der Waals surface area contributed by atoms with E-state index in [0.717, 1.165) is 12.8 Å². The van der Waals surface area contributed by atoms with Gasteiger partial charge in [-0.05, 0) is 26.1 Å². The summed E-state index contributed by atoms with van der Waals surface area (Å²) in [6, 6.07) is 10.0. The Labute approximate surface area is 113 Å². The minimum Gasteiger partial charge on any atom is -0.339 e. The maximum atomic E-state index is 5.99. The van der Waals surface area contributed by atoms with Crippen LogP contribution in [-0.2, 0) is 12.8 Å². The number of rotatable bonds is 6. The Morgan fingerprint density at radius 2 is 1.95 bits per heavy atom. The molecule has 1 atom stereocenters. The minimum atomic E-state index is -0.204. The second kappa shape index (κ2) is 6.45. The first-order valence-electron chi connectivity index (χ1n) is 6.42. The fourth-order valence-corrected chi connectivity index (χ4v) is 1.89. The molecule has 5 nitrogen and oxygen atoms in total. The molecule has 102 valence electrons. The SMILES string of the molecule is CN(C)CC(N)c1noc(CCc2ccccc2)n1. The Bertz CT molecular complexity index is 495. The normalized spacial score (nSPS) is 12.8. The molecule has 0 saturated carbocycles. The highest BCUT2D eigenvalue weighted by Gasteiger charge is 2.14. The van der Waals surface area contributed by atoms with Gasteiger partial charge in [-0.15, -0.1) is 0 Å². The number of benzene rings is 1. The molecule has 1 aromatic carbocycles. The van der Waals surface area contributed by atoms with Crippen LogP contribution in [-0.4, -0.2) is 35.7 Å². The fraction of sp³-hybridized carbons (Fsp3) is 0.429. The van der Waals surface area contributed by atoms with E-state index in [4.69, 9.17) is 10.3 Å². The van der Waals surface area contributed by atoms with Crippen molar-refractivity contribution in [3.63, 3.8) is 0 Å². The van der Waals surface area contributed by atoms with Gasteiger partial charge >= 0.3 is 0 Å². The fourth-order valence-electron chi connectivity index (χ4n) is 1.89. The second-order valence-corrected chi connectivity index (χ2v) is 4.90. The lowest BCUT2D eigenvalue weighted by molar-refractivity contribution is 0.346. The largest absolute Gasteiger partial charge is 0.339 e. The molecule has 1 heterocycles. The predicted molar refractivity (Wildman–Crippen MR) is 73.6 cm³/mol. The van der Waals surface area contributed by atoms with Gasteiger partial charge in [0.2, 0.25) is 5.89 Å². The van der Waals surface area contributed by atoms with Crippen LogP contribution in [0.2, 0.25) is 0 Å². The molecule has 2 N–H and O–H groups in total. The average molecular weight is 260 g/mol. The zero-order valence-corrected chi connectivity index (χ0v) is 11.4. The van der Waals surface area contributed by atoms with Crippen molar-refractivity contribution in [1.29, 1.82) is 0 Å². The van der Waals surface area contributed by atoms with Gasteiger partial charge in [0.05, 0.1) is 6.04 Å². The van der Waals surface area contributed by atoms with E-state index in [1.165, 1.54) is 5.56 Å². The standard InChI is InChI=1S/C14H20N4O/c1-18(2)10-12(15)14-16-13(19-17-14)9-8-11-6-4-3-5-7-11/h3-7,12H,8-10,15H2,1-2H3. The number of hydrogen-bond acceptors (Lipinski definition) is 5. The van der Waals surface area contributed by atoms with Gasteiger partial charge in [0.15, 0.2) is 5.82 Å². The van der Waals surface area contributed by atoms with E-state index >= 15 is 0 Å². The molecule has 2 aromatic rings. The van der Waals surface area contributed by atoms with E-state index in [2.05, 4.69) is 22.3 Å². The molecule has 1 unspecified atom stereocenters.